The van der Waals surface area contributed by atoms with Crippen molar-refractivity contribution in [1.82, 2.24) is 4.90 Å². The van der Waals surface area contributed by atoms with Gasteiger partial charge in [0.2, 0.25) is 11.8 Å². The van der Waals surface area contributed by atoms with Crippen molar-refractivity contribution >= 4 is 23.4 Å². The molecule has 2 amide bonds. The van der Waals surface area contributed by atoms with Crippen molar-refractivity contribution in [3.8, 4) is 6.07 Å². The van der Waals surface area contributed by atoms with E-state index in [9.17, 15) is 9.59 Å². The molecule has 76 valence electrons. The van der Waals surface area contributed by atoms with Crippen LogP contribution in [0.1, 0.15) is 19.8 Å². The standard InChI is InChI=1S/C9H11ClN2O2/c1-6-2-8(13)12(9(14)3-6)5-7(10)4-11/h6-7H,2-3,5H2,1H3. The molecule has 1 aliphatic heterocycles. The lowest BCUT2D eigenvalue weighted by Gasteiger charge is -2.28. The maximum atomic E-state index is 11.4. The van der Waals surface area contributed by atoms with Crippen molar-refractivity contribution in [1.29, 1.82) is 5.26 Å². The summed E-state index contributed by atoms with van der Waals surface area (Å²) in [4.78, 5) is 23.9. The zero-order valence-corrected chi connectivity index (χ0v) is 8.62. The van der Waals surface area contributed by atoms with E-state index < -0.39 is 5.38 Å². The van der Waals surface area contributed by atoms with Crippen LogP contribution in [0.2, 0.25) is 0 Å². The maximum Gasteiger partial charge on any atom is 0.229 e. The third-order valence-electron chi connectivity index (χ3n) is 2.13. The number of nitrogens with zero attached hydrogens (tertiary/aromatic N) is 2. The second kappa shape index (κ2) is 4.43. The van der Waals surface area contributed by atoms with E-state index in [-0.39, 0.29) is 24.3 Å². The molecule has 0 bridgehead atoms. The van der Waals surface area contributed by atoms with Crippen molar-refractivity contribution < 1.29 is 9.59 Å². The van der Waals surface area contributed by atoms with Gasteiger partial charge in [-0.1, -0.05) is 6.92 Å². The molecule has 1 unspecified atom stereocenters. The van der Waals surface area contributed by atoms with Gasteiger partial charge in [-0.15, -0.1) is 11.6 Å². The Morgan fingerprint density at radius 3 is 2.50 bits per heavy atom. The Morgan fingerprint density at radius 1 is 1.57 bits per heavy atom. The lowest BCUT2D eigenvalue weighted by atomic mass is 9.98. The number of piperidine rings is 1. The molecule has 1 heterocycles. The number of alkyl halides is 1. The summed E-state index contributed by atoms with van der Waals surface area (Å²) >= 11 is 5.56. The smallest absolute Gasteiger partial charge is 0.229 e. The van der Waals surface area contributed by atoms with Crippen molar-refractivity contribution in [2.24, 2.45) is 5.92 Å². The zero-order chi connectivity index (χ0) is 10.7. The second-order valence-corrected chi connectivity index (χ2v) is 4.03. The quantitative estimate of drug-likeness (QED) is 0.507. The van der Waals surface area contributed by atoms with Gasteiger partial charge in [0, 0.05) is 12.8 Å². The molecule has 0 aromatic carbocycles. The van der Waals surface area contributed by atoms with E-state index in [0.717, 1.165) is 4.90 Å². The number of hydrogen-bond acceptors (Lipinski definition) is 3. The molecule has 0 N–H and O–H groups in total. The second-order valence-electron chi connectivity index (χ2n) is 3.51. The Hall–Kier alpha value is -1.08. The van der Waals surface area contributed by atoms with E-state index >= 15 is 0 Å². The van der Waals surface area contributed by atoms with Crippen LogP contribution in [0, 0.1) is 17.2 Å². The molecule has 1 atom stereocenters. The number of hydrogen-bond donors (Lipinski definition) is 0. The normalized spacial score (nSPS) is 20.8. The van der Waals surface area contributed by atoms with Crippen molar-refractivity contribution in [2.45, 2.75) is 25.1 Å². The molecule has 1 fully saturated rings. The van der Waals surface area contributed by atoms with Gasteiger partial charge in [0.05, 0.1) is 12.6 Å². The largest absolute Gasteiger partial charge is 0.280 e. The zero-order valence-electron chi connectivity index (χ0n) is 7.86. The predicted octanol–water partition coefficient (Wildman–Crippen LogP) is 0.902. The fraction of sp³-hybridized carbons (Fsp3) is 0.667. The molecule has 0 aromatic heterocycles. The Kier molecular flexibility index (Phi) is 3.48. The highest BCUT2D eigenvalue weighted by Crippen LogP contribution is 2.19. The van der Waals surface area contributed by atoms with Crippen LogP contribution in [0.15, 0.2) is 0 Å². The van der Waals surface area contributed by atoms with Gasteiger partial charge < -0.3 is 0 Å². The Labute approximate surface area is 87.4 Å². The molecule has 0 aromatic rings. The Morgan fingerprint density at radius 2 is 2.07 bits per heavy atom. The minimum atomic E-state index is -0.809. The third-order valence-corrected chi connectivity index (χ3v) is 2.37. The van der Waals surface area contributed by atoms with E-state index in [1.54, 1.807) is 6.07 Å². The van der Waals surface area contributed by atoms with Crippen LogP contribution in [0.5, 0.6) is 0 Å². The van der Waals surface area contributed by atoms with E-state index in [0.29, 0.717) is 12.8 Å². The predicted molar refractivity (Wildman–Crippen MR) is 50.4 cm³/mol. The summed E-state index contributed by atoms with van der Waals surface area (Å²) < 4.78 is 0. The molecule has 14 heavy (non-hydrogen) atoms. The topological polar surface area (TPSA) is 61.2 Å². The fourth-order valence-electron chi connectivity index (χ4n) is 1.43. The number of carbonyl (C=O) groups excluding carboxylic acids is 2. The van der Waals surface area contributed by atoms with Gasteiger partial charge in [0.25, 0.3) is 0 Å². The molecule has 1 rings (SSSR count). The molecule has 0 saturated carbocycles. The molecule has 0 spiro atoms. The average molecular weight is 215 g/mol. The number of nitriles is 1. The monoisotopic (exact) mass is 214 g/mol. The summed E-state index contributed by atoms with van der Waals surface area (Å²) in [7, 11) is 0. The van der Waals surface area contributed by atoms with Gasteiger partial charge in [-0.2, -0.15) is 5.26 Å². The molecule has 0 radical (unpaired) electrons. The molecule has 4 nitrogen and oxygen atoms in total. The van der Waals surface area contributed by atoms with Crippen LogP contribution in [0.25, 0.3) is 0 Å². The highest BCUT2D eigenvalue weighted by Gasteiger charge is 2.31. The average Bonchev–Trinajstić information content (AvgIpc) is 2.10. The first-order valence-corrected chi connectivity index (χ1v) is 4.85. The minimum absolute atomic E-state index is 0.00242. The van der Waals surface area contributed by atoms with E-state index in [1.165, 1.54) is 0 Å². The van der Waals surface area contributed by atoms with E-state index in [4.69, 9.17) is 16.9 Å². The van der Waals surface area contributed by atoms with Gasteiger partial charge in [0.15, 0.2) is 0 Å². The Bertz CT molecular complexity index is 280. The lowest BCUT2D eigenvalue weighted by molar-refractivity contribution is -0.149. The van der Waals surface area contributed by atoms with Gasteiger partial charge in [0.1, 0.15) is 5.38 Å². The van der Waals surface area contributed by atoms with Crippen molar-refractivity contribution in [3.63, 3.8) is 0 Å². The number of amides is 2. The van der Waals surface area contributed by atoms with Crippen molar-refractivity contribution in [2.75, 3.05) is 6.54 Å². The third kappa shape index (κ3) is 2.46. The minimum Gasteiger partial charge on any atom is -0.280 e. The van der Waals surface area contributed by atoms with Crippen LogP contribution >= 0.6 is 11.6 Å². The van der Waals surface area contributed by atoms with E-state index in [1.807, 2.05) is 6.92 Å². The summed E-state index contributed by atoms with van der Waals surface area (Å²) in [5, 5.41) is 7.65. The van der Waals surface area contributed by atoms with Gasteiger partial charge in [-0.05, 0) is 5.92 Å². The highest BCUT2D eigenvalue weighted by molar-refractivity contribution is 6.22. The number of likely N-dealkylation sites (tertiary alicyclic amines) is 1. The van der Waals surface area contributed by atoms with Crippen LogP contribution in [0.4, 0.5) is 0 Å². The molecule has 0 aliphatic carbocycles. The summed E-state index contributed by atoms with van der Waals surface area (Å²) in [6.45, 7) is 1.86. The lowest BCUT2D eigenvalue weighted by Crippen LogP contribution is -2.45. The molecule has 5 heteroatoms. The fourth-order valence-corrected chi connectivity index (χ4v) is 1.57. The van der Waals surface area contributed by atoms with Crippen LogP contribution in [0.3, 0.4) is 0 Å². The number of halogens is 1. The number of carbonyl (C=O) groups is 2. The Balaban J connectivity index is 2.64. The summed E-state index contributed by atoms with van der Waals surface area (Å²) in [5.74, 6) is -0.355. The summed E-state index contributed by atoms with van der Waals surface area (Å²) in [6, 6.07) is 1.78. The van der Waals surface area contributed by atoms with E-state index in [2.05, 4.69) is 0 Å². The van der Waals surface area contributed by atoms with Crippen LogP contribution < -0.4 is 0 Å². The van der Waals surface area contributed by atoms with Gasteiger partial charge >= 0.3 is 0 Å². The first-order chi connectivity index (χ1) is 6.54. The van der Waals surface area contributed by atoms with Gasteiger partial charge in [-0.25, -0.2) is 0 Å². The van der Waals surface area contributed by atoms with Crippen LogP contribution in [-0.4, -0.2) is 28.6 Å². The first-order valence-electron chi connectivity index (χ1n) is 4.41. The number of rotatable bonds is 2. The van der Waals surface area contributed by atoms with Gasteiger partial charge in [-0.3, -0.25) is 14.5 Å². The molecular weight excluding hydrogens is 204 g/mol. The summed E-state index contributed by atoms with van der Waals surface area (Å²) in [6.07, 6.45) is 0.724. The van der Waals surface area contributed by atoms with Crippen molar-refractivity contribution in [3.05, 3.63) is 0 Å². The first kappa shape index (κ1) is 11.0. The SMILES string of the molecule is CC1CC(=O)N(CC(Cl)C#N)C(=O)C1. The highest BCUT2D eigenvalue weighted by atomic mass is 35.5. The summed E-state index contributed by atoms with van der Waals surface area (Å²) in [5.41, 5.74) is 0. The molecule has 1 aliphatic rings. The number of imide groups is 1. The maximum absolute atomic E-state index is 11.4. The molecular formula is C9H11ClN2O2. The molecule has 1 saturated heterocycles. The van der Waals surface area contributed by atoms with Crippen LogP contribution in [-0.2, 0) is 9.59 Å².